The molecule has 0 aliphatic rings. The van der Waals surface area contributed by atoms with E-state index >= 15 is 0 Å². The van der Waals surface area contributed by atoms with Gasteiger partial charge in [-0.25, -0.2) is 4.39 Å². The summed E-state index contributed by atoms with van der Waals surface area (Å²) in [5.41, 5.74) is 1.77. The van der Waals surface area contributed by atoms with Gasteiger partial charge in [-0.1, -0.05) is 26.0 Å². The van der Waals surface area contributed by atoms with Gasteiger partial charge in [-0.05, 0) is 44.9 Å². The van der Waals surface area contributed by atoms with E-state index in [2.05, 4.69) is 37.9 Å². The van der Waals surface area contributed by atoms with Crippen molar-refractivity contribution in [2.45, 2.75) is 52.6 Å². The number of hydrogen-bond acceptors (Lipinski definition) is 2. The van der Waals surface area contributed by atoms with Crippen LogP contribution in [-0.4, -0.2) is 19.6 Å². The molecule has 1 rings (SSSR count). The van der Waals surface area contributed by atoms with Crippen LogP contribution in [0.4, 0.5) is 10.1 Å². The fourth-order valence-corrected chi connectivity index (χ4v) is 2.22. The van der Waals surface area contributed by atoms with E-state index in [1.54, 1.807) is 12.1 Å². The van der Waals surface area contributed by atoms with Gasteiger partial charge >= 0.3 is 0 Å². The maximum Gasteiger partial charge on any atom is 0.146 e. The van der Waals surface area contributed by atoms with Gasteiger partial charge in [0, 0.05) is 19.1 Å². The minimum absolute atomic E-state index is 0.134. The molecule has 19 heavy (non-hydrogen) atoms. The predicted octanol–water partition coefficient (Wildman–Crippen LogP) is 4.12. The molecule has 0 amide bonds. The molecular weight excluding hydrogens is 239 g/mol. The van der Waals surface area contributed by atoms with Crippen LogP contribution in [0.5, 0.6) is 0 Å². The van der Waals surface area contributed by atoms with Crippen LogP contribution >= 0.6 is 0 Å². The first-order valence-corrected chi connectivity index (χ1v) is 7.27. The highest BCUT2D eigenvalue weighted by molar-refractivity contribution is 5.56. The van der Waals surface area contributed by atoms with Crippen molar-refractivity contribution in [3.8, 4) is 0 Å². The van der Waals surface area contributed by atoms with Gasteiger partial charge in [0.2, 0.25) is 0 Å². The average molecular weight is 266 g/mol. The highest BCUT2D eigenvalue weighted by atomic mass is 19.1. The molecule has 1 aromatic rings. The van der Waals surface area contributed by atoms with Crippen LogP contribution in [0.25, 0.3) is 0 Å². The fraction of sp³-hybridized carbons (Fsp3) is 0.625. The van der Waals surface area contributed by atoms with Gasteiger partial charge in [-0.3, -0.25) is 0 Å². The summed E-state index contributed by atoms with van der Waals surface area (Å²) in [4.78, 5) is 2.05. The zero-order valence-corrected chi connectivity index (χ0v) is 12.8. The lowest BCUT2D eigenvalue weighted by Gasteiger charge is -2.30. The zero-order chi connectivity index (χ0) is 14.4. The molecule has 3 heteroatoms. The molecule has 2 atom stereocenters. The molecule has 0 heterocycles. The number of para-hydroxylation sites is 1. The summed E-state index contributed by atoms with van der Waals surface area (Å²) in [6.45, 7) is 9.43. The molecule has 0 bridgehead atoms. The molecule has 2 unspecified atom stereocenters. The third kappa shape index (κ3) is 3.93. The fourth-order valence-electron chi connectivity index (χ4n) is 2.22. The Balaban J connectivity index is 3.07. The summed E-state index contributed by atoms with van der Waals surface area (Å²) in [7, 11) is 1.97. The van der Waals surface area contributed by atoms with Gasteiger partial charge in [0.25, 0.3) is 0 Å². The smallest absolute Gasteiger partial charge is 0.146 e. The van der Waals surface area contributed by atoms with E-state index in [-0.39, 0.29) is 11.9 Å². The summed E-state index contributed by atoms with van der Waals surface area (Å²) in [6.07, 6.45) is 2.08. The molecule has 0 spiro atoms. The lowest BCUT2D eigenvalue weighted by atomic mass is 10.0. The minimum atomic E-state index is -0.134. The van der Waals surface area contributed by atoms with Gasteiger partial charge < -0.3 is 10.2 Å². The Hall–Kier alpha value is -1.09. The molecule has 1 N–H and O–H groups in total. The first-order valence-electron chi connectivity index (χ1n) is 7.27. The maximum atomic E-state index is 14.2. The average Bonchev–Trinajstić information content (AvgIpc) is 2.42. The van der Waals surface area contributed by atoms with Crippen molar-refractivity contribution in [1.82, 2.24) is 5.32 Å². The second-order valence-corrected chi connectivity index (χ2v) is 5.22. The van der Waals surface area contributed by atoms with E-state index in [0.29, 0.717) is 6.04 Å². The second kappa shape index (κ2) is 7.49. The highest BCUT2D eigenvalue weighted by Gasteiger charge is 2.19. The molecule has 1 aromatic carbocycles. The molecule has 0 saturated carbocycles. The Morgan fingerprint density at radius 1 is 1.26 bits per heavy atom. The molecule has 2 nitrogen and oxygen atoms in total. The monoisotopic (exact) mass is 266 g/mol. The van der Waals surface area contributed by atoms with Gasteiger partial charge in [-0.15, -0.1) is 0 Å². The summed E-state index contributed by atoms with van der Waals surface area (Å²) in [6, 6.07) is 5.85. The summed E-state index contributed by atoms with van der Waals surface area (Å²) < 4.78 is 14.2. The zero-order valence-electron chi connectivity index (χ0n) is 12.8. The van der Waals surface area contributed by atoms with Crippen molar-refractivity contribution in [3.63, 3.8) is 0 Å². The molecule has 0 aromatic heterocycles. The van der Waals surface area contributed by atoms with E-state index in [1.807, 2.05) is 13.1 Å². The third-order valence-corrected chi connectivity index (χ3v) is 3.79. The van der Waals surface area contributed by atoms with Crippen molar-refractivity contribution < 1.29 is 4.39 Å². The molecule has 0 aliphatic carbocycles. The normalized spacial score (nSPS) is 14.2. The Kier molecular flexibility index (Phi) is 6.29. The van der Waals surface area contributed by atoms with Crippen LogP contribution in [0.15, 0.2) is 18.2 Å². The van der Waals surface area contributed by atoms with Crippen LogP contribution < -0.4 is 10.2 Å². The van der Waals surface area contributed by atoms with Crippen molar-refractivity contribution >= 4 is 5.69 Å². The van der Waals surface area contributed by atoms with Crippen molar-refractivity contribution in [1.29, 1.82) is 0 Å². The summed E-state index contributed by atoms with van der Waals surface area (Å²) in [5, 5.41) is 3.43. The first kappa shape index (κ1) is 16.0. The summed E-state index contributed by atoms with van der Waals surface area (Å²) >= 11 is 0. The van der Waals surface area contributed by atoms with Crippen LogP contribution in [-0.2, 0) is 0 Å². The Morgan fingerprint density at radius 2 is 1.95 bits per heavy atom. The van der Waals surface area contributed by atoms with E-state index in [9.17, 15) is 4.39 Å². The van der Waals surface area contributed by atoms with Crippen LogP contribution in [0.1, 0.15) is 52.1 Å². The lowest BCUT2D eigenvalue weighted by molar-refractivity contribution is 0.552. The minimum Gasteiger partial charge on any atom is -0.369 e. The van der Waals surface area contributed by atoms with Gasteiger partial charge in [0.05, 0.1) is 5.69 Å². The van der Waals surface area contributed by atoms with Crippen molar-refractivity contribution in [2.24, 2.45) is 0 Å². The van der Waals surface area contributed by atoms with Gasteiger partial charge in [0.15, 0.2) is 0 Å². The Bertz CT molecular complexity index is 392. The molecular formula is C16H27FN2. The third-order valence-electron chi connectivity index (χ3n) is 3.79. The molecule has 0 fully saturated rings. The van der Waals surface area contributed by atoms with E-state index < -0.39 is 0 Å². The van der Waals surface area contributed by atoms with E-state index in [0.717, 1.165) is 30.6 Å². The van der Waals surface area contributed by atoms with Crippen LogP contribution in [0, 0.1) is 5.82 Å². The first-order chi connectivity index (χ1) is 9.02. The molecule has 0 saturated heterocycles. The number of anilines is 1. The Labute approximate surface area is 117 Å². The number of benzene rings is 1. The second-order valence-electron chi connectivity index (χ2n) is 5.22. The quantitative estimate of drug-likeness (QED) is 0.798. The molecule has 108 valence electrons. The highest BCUT2D eigenvalue weighted by Crippen LogP contribution is 2.30. The lowest BCUT2D eigenvalue weighted by Crippen LogP contribution is -2.31. The van der Waals surface area contributed by atoms with Gasteiger partial charge in [-0.2, -0.15) is 0 Å². The number of nitrogens with one attached hydrogen (secondary N) is 1. The maximum absolute atomic E-state index is 14.2. The number of halogens is 1. The predicted molar refractivity (Wildman–Crippen MR) is 81.3 cm³/mol. The van der Waals surface area contributed by atoms with Gasteiger partial charge in [0.1, 0.15) is 5.82 Å². The van der Waals surface area contributed by atoms with Crippen molar-refractivity contribution in [3.05, 3.63) is 29.6 Å². The summed E-state index contributed by atoms with van der Waals surface area (Å²) in [5.74, 6) is -0.134. The SMILES string of the molecule is CCCNC(C)c1cccc(F)c1N(C)C(C)CC. The topological polar surface area (TPSA) is 15.3 Å². The number of nitrogens with zero attached hydrogens (tertiary/aromatic N) is 1. The van der Waals surface area contributed by atoms with E-state index in [4.69, 9.17) is 0 Å². The molecule has 0 radical (unpaired) electrons. The Morgan fingerprint density at radius 3 is 2.53 bits per heavy atom. The van der Waals surface area contributed by atoms with E-state index in [1.165, 1.54) is 0 Å². The molecule has 0 aliphatic heterocycles. The number of hydrogen-bond donors (Lipinski definition) is 1. The van der Waals surface area contributed by atoms with Crippen LogP contribution in [0.3, 0.4) is 0 Å². The van der Waals surface area contributed by atoms with Crippen molar-refractivity contribution in [2.75, 3.05) is 18.5 Å². The number of rotatable bonds is 7. The van der Waals surface area contributed by atoms with Crippen LogP contribution in [0.2, 0.25) is 0 Å². The standard InChI is InChI=1S/C16H27FN2/c1-6-11-18-13(4)14-9-8-10-15(17)16(14)19(5)12(3)7-2/h8-10,12-13,18H,6-7,11H2,1-5H3. The largest absolute Gasteiger partial charge is 0.369 e.